The summed E-state index contributed by atoms with van der Waals surface area (Å²) in [5.74, 6) is 1.08. The van der Waals surface area contributed by atoms with E-state index in [0.717, 1.165) is 12.8 Å². The first kappa shape index (κ1) is 11.4. The van der Waals surface area contributed by atoms with Crippen molar-refractivity contribution in [3.63, 3.8) is 0 Å². The van der Waals surface area contributed by atoms with Crippen molar-refractivity contribution in [2.45, 2.75) is 37.8 Å². The maximum atomic E-state index is 11.2. The topological polar surface area (TPSA) is 66.4 Å². The second-order valence-electron chi connectivity index (χ2n) is 4.74. The predicted octanol–water partition coefficient (Wildman–Crippen LogP) is -0.0759. The van der Waals surface area contributed by atoms with E-state index in [9.17, 15) is 13.5 Å². The van der Waals surface area contributed by atoms with Crippen molar-refractivity contribution in [1.29, 1.82) is 0 Å². The second-order valence-corrected chi connectivity index (χ2v) is 7.04. The summed E-state index contributed by atoms with van der Waals surface area (Å²) in [5, 5.41) is 12.9. The molecule has 0 radical (unpaired) electrons. The van der Waals surface area contributed by atoms with Gasteiger partial charge in [0, 0.05) is 12.6 Å². The lowest BCUT2D eigenvalue weighted by Gasteiger charge is -2.24. The van der Waals surface area contributed by atoms with Crippen molar-refractivity contribution in [2.24, 2.45) is 5.92 Å². The molecule has 1 heterocycles. The molecule has 2 fully saturated rings. The van der Waals surface area contributed by atoms with Crippen LogP contribution in [0.5, 0.6) is 0 Å². The van der Waals surface area contributed by atoms with Gasteiger partial charge in [-0.25, -0.2) is 8.42 Å². The molecule has 1 unspecified atom stereocenters. The Morgan fingerprint density at radius 2 is 1.80 bits per heavy atom. The summed E-state index contributed by atoms with van der Waals surface area (Å²) in [4.78, 5) is 0. The monoisotopic (exact) mass is 233 g/mol. The molecule has 0 aromatic carbocycles. The van der Waals surface area contributed by atoms with E-state index in [2.05, 4.69) is 5.32 Å². The first-order chi connectivity index (χ1) is 7.07. The van der Waals surface area contributed by atoms with Crippen molar-refractivity contribution in [3.05, 3.63) is 0 Å². The van der Waals surface area contributed by atoms with E-state index in [-0.39, 0.29) is 12.1 Å². The molecule has 2 N–H and O–H groups in total. The van der Waals surface area contributed by atoms with Gasteiger partial charge < -0.3 is 10.4 Å². The van der Waals surface area contributed by atoms with Gasteiger partial charge in [-0.1, -0.05) is 0 Å². The number of aliphatic hydroxyl groups excluding tert-OH is 1. The quantitative estimate of drug-likeness (QED) is 0.713. The Hall–Kier alpha value is -0.130. The molecule has 0 bridgehead atoms. The van der Waals surface area contributed by atoms with E-state index < -0.39 is 9.84 Å². The highest BCUT2D eigenvalue weighted by molar-refractivity contribution is 7.91. The molecule has 0 spiro atoms. The number of sulfone groups is 1. The van der Waals surface area contributed by atoms with E-state index in [0.29, 0.717) is 36.8 Å². The molecular formula is C10H19NO3S. The normalized spacial score (nSPS) is 28.9. The molecular weight excluding hydrogens is 214 g/mol. The van der Waals surface area contributed by atoms with Gasteiger partial charge >= 0.3 is 0 Å². The molecule has 0 aromatic heterocycles. The van der Waals surface area contributed by atoms with Crippen LogP contribution in [-0.2, 0) is 9.84 Å². The largest absolute Gasteiger partial charge is 0.392 e. The molecule has 15 heavy (non-hydrogen) atoms. The first-order valence-corrected chi connectivity index (χ1v) is 7.51. The fourth-order valence-electron chi connectivity index (χ4n) is 2.03. The van der Waals surface area contributed by atoms with Gasteiger partial charge in [0.05, 0.1) is 17.6 Å². The Morgan fingerprint density at radius 1 is 1.20 bits per heavy atom. The number of rotatable bonds is 4. The number of hydrogen-bond donors (Lipinski definition) is 2. The molecule has 1 aliphatic carbocycles. The van der Waals surface area contributed by atoms with Crippen LogP contribution in [0, 0.1) is 5.92 Å². The van der Waals surface area contributed by atoms with Crippen LogP contribution in [0.25, 0.3) is 0 Å². The third-order valence-corrected chi connectivity index (χ3v) is 5.05. The van der Waals surface area contributed by atoms with Gasteiger partial charge in [-0.15, -0.1) is 0 Å². The summed E-state index contributed by atoms with van der Waals surface area (Å²) in [6, 6.07) is 0.280. The van der Waals surface area contributed by atoms with Crippen molar-refractivity contribution < 1.29 is 13.5 Å². The van der Waals surface area contributed by atoms with Gasteiger partial charge in [-0.05, 0) is 31.6 Å². The summed E-state index contributed by atoms with van der Waals surface area (Å²) >= 11 is 0. The zero-order valence-electron chi connectivity index (χ0n) is 8.85. The Balaban J connectivity index is 1.68. The molecule has 2 rings (SSSR count). The molecule has 2 aliphatic rings. The Morgan fingerprint density at radius 3 is 2.33 bits per heavy atom. The molecule has 0 aromatic rings. The van der Waals surface area contributed by atoms with Gasteiger partial charge in [0.2, 0.25) is 0 Å². The standard InChI is InChI=1S/C10H19NO3S/c12-10(8-1-2-8)7-11-9-3-5-15(13,14)6-4-9/h8-12H,1-7H2. The summed E-state index contributed by atoms with van der Waals surface area (Å²) < 4.78 is 22.4. The van der Waals surface area contributed by atoms with Crippen LogP contribution >= 0.6 is 0 Å². The van der Waals surface area contributed by atoms with E-state index in [1.807, 2.05) is 0 Å². The lowest BCUT2D eigenvalue weighted by Crippen LogP contribution is -2.41. The fourth-order valence-corrected chi connectivity index (χ4v) is 3.52. The zero-order chi connectivity index (χ0) is 10.9. The smallest absolute Gasteiger partial charge is 0.150 e. The minimum absolute atomic E-state index is 0.233. The van der Waals surface area contributed by atoms with E-state index >= 15 is 0 Å². The SMILES string of the molecule is O=S1(=O)CCC(NCC(O)C2CC2)CC1. The van der Waals surface area contributed by atoms with Crippen LogP contribution < -0.4 is 5.32 Å². The molecule has 4 nitrogen and oxygen atoms in total. The second kappa shape index (κ2) is 4.39. The molecule has 1 saturated carbocycles. The maximum absolute atomic E-state index is 11.2. The zero-order valence-corrected chi connectivity index (χ0v) is 9.67. The minimum Gasteiger partial charge on any atom is -0.392 e. The molecule has 1 saturated heterocycles. The van der Waals surface area contributed by atoms with Crippen molar-refractivity contribution in [1.82, 2.24) is 5.32 Å². The molecule has 88 valence electrons. The average Bonchev–Trinajstić information content (AvgIpc) is 2.99. The highest BCUT2D eigenvalue weighted by atomic mass is 32.2. The highest BCUT2D eigenvalue weighted by Crippen LogP contribution is 2.32. The number of aliphatic hydroxyl groups is 1. The Kier molecular flexibility index (Phi) is 3.33. The predicted molar refractivity (Wildman–Crippen MR) is 58.4 cm³/mol. The minimum atomic E-state index is -2.76. The third-order valence-electron chi connectivity index (χ3n) is 3.34. The summed E-state index contributed by atoms with van der Waals surface area (Å²) in [6.07, 6.45) is 3.44. The van der Waals surface area contributed by atoms with E-state index in [4.69, 9.17) is 0 Å². The third kappa shape index (κ3) is 3.43. The van der Waals surface area contributed by atoms with Crippen LogP contribution in [0.4, 0.5) is 0 Å². The van der Waals surface area contributed by atoms with Crippen molar-refractivity contribution in [3.8, 4) is 0 Å². The molecule has 5 heteroatoms. The lowest BCUT2D eigenvalue weighted by molar-refractivity contribution is 0.144. The van der Waals surface area contributed by atoms with Gasteiger partial charge in [0.25, 0.3) is 0 Å². The van der Waals surface area contributed by atoms with Gasteiger partial charge in [0.15, 0.2) is 0 Å². The van der Waals surface area contributed by atoms with Gasteiger partial charge in [-0.2, -0.15) is 0 Å². The van der Waals surface area contributed by atoms with Crippen LogP contribution in [0.15, 0.2) is 0 Å². The van der Waals surface area contributed by atoms with Gasteiger partial charge in [0.1, 0.15) is 9.84 Å². The lowest BCUT2D eigenvalue weighted by atomic mass is 10.1. The molecule has 0 amide bonds. The Bertz CT molecular complexity index is 297. The van der Waals surface area contributed by atoms with Crippen LogP contribution in [-0.4, -0.2) is 43.7 Å². The van der Waals surface area contributed by atoms with Crippen molar-refractivity contribution >= 4 is 9.84 Å². The average molecular weight is 233 g/mol. The van der Waals surface area contributed by atoms with Crippen LogP contribution in [0.2, 0.25) is 0 Å². The highest BCUT2D eigenvalue weighted by Gasteiger charge is 2.30. The van der Waals surface area contributed by atoms with Crippen molar-refractivity contribution in [2.75, 3.05) is 18.1 Å². The molecule has 1 atom stereocenters. The number of hydrogen-bond acceptors (Lipinski definition) is 4. The van der Waals surface area contributed by atoms with Gasteiger partial charge in [-0.3, -0.25) is 0 Å². The van der Waals surface area contributed by atoms with Crippen LogP contribution in [0.3, 0.4) is 0 Å². The Labute approximate surface area is 91.0 Å². The summed E-state index contributed by atoms with van der Waals surface area (Å²) in [7, 11) is -2.76. The first-order valence-electron chi connectivity index (χ1n) is 5.69. The summed E-state index contributed by atoms with van der Waals surface area (Å²) in [5.41, 5.74) is 0. The molecule has 1 aliphatic heterocycles. The van der Waals surface area contributed by atoms with E-state index in [1.165, 1.54) is 0 Å². The fraction of sp³-hybridized carbons (Fsp3) is 1.00. The van der Waals surface area contributed by atoms with Crippen LogP contribution in [0.1, 0.15) is 25.7 Å². The summed E-state index contributed by atoms with van der Waals surface area (Å²) in [6.45, 7) is 0.620. The van der Waals surface area contributed by atoms with E-state index in [1.54, 1.807) is 0 Å². The maximum Gasteiger partial charge on any atom is 0.150 e. The number of nitrogens with one attached hydrogen (secondary N) is 1.